The standard InChI is InChI=1S/C13H17ClO3/c1-15-13-6-10(7-14)2-3-12(13)17-9-11-4-5-16-8-11/h2-3,6,11H,4-5,7-9H2,1H3. The van der Waals surface area contributed by atoms with Crippen LogP contribution in [0.1, 0.15) is 12.0 Å². The summed E-state index contributed by atoms with van der Waals surface area (Å²) < 4.78 is 16.4. The lowest BCUT2D eigenvalue weighted by Crippen LogP contribution is -2.12. The van der Waals surface area contributed by atoms with Crippen LogP contribution in [-0.2, 0) is 10.6 Å². The second-order valence-electron chi connectivity index (χ2n) is 4.16. The highest BCUT2D eigenvalue weighted by molar-refractivity contribution is 6.17. The molecule has 1 saturated heterocycles. The van der Waals surface area contributed by atoms with E-state index in [0.717, 1.165) is 36.7 Å². The Morgan fingerprint density at radius 1 is 1.41 bits per heavy atom. The Morgan fingerprint density at radius 2 is 2.29 bits per heavy atom. The first-order valence-corrected chi connectivity index (χ1v) is 6.30. The van der Waals surface area contributed by atoms with E-state index in [1.54, 1.807) is 7.11 Å². The van der Waals surface area contributed by atoms with E-state index >= 15 is 0 Å². The maximum Gasteiger partial charge on any atom is 0.161 e. The van der Waals surface area contributed by atoms with Crippen LogP contribution in [-0.4, -0.2) is 26.9 Å². The molecule has 1 heterocycles. The third kappa shape index (κ3) is 3.27. The van der Waals surface area contributed by atoms with E-state index in [9.17, 15) is 0 Å². The van der Waals surface area contributed by atoms with E-state index < -0.39 is 0 Å². The van der Waals surface area contributed by atoms with Crippen LogP contribution >= 0.6 is 11.6 Å². The summed E-state index contributed by atoms with van der Waals surface area (Å²) in [5.74, 6) is 2.48. The highest BCUT2D eigenvalue weighted by Gasteiger charge is 2.17. The molecule has 1 aliphatic rings. The van der Waals surface area contributed by atoms with Crippen molar-refractivity contribution < 1.29 is 14.2 Å². The van der Waals surface area contributed by atoms with Gasteiger partial charge in [-0.05, 0) is 24.1 Å². The van der Waals surface area contributed by atoms with Gasteiger partial charge in [-0.25, -0.2) is 0 Å². The van der Waals surface area contributed by atoms with Crippen molar-refractivity contribution in [3.63, 3.8) is 0 Å². The van der Waals surface area contributed by atoms with Gasteiger partial charge in [-0.2, -0.15) is 0 Å². The van der Waals surface area contributed by atoms with Crippen molar-refractivity contribution >= 4 is 11.6 Å². The number of methoxy groups -OCH3 is 1. The van der Waals surface area contributed by atoms with Gasteiger partial charge in [0.15, 0.2) is 11.5 Å². The van der Waals surface area contributed by atoms with Crippen LogP contribution in [0.4, 0.5) is 0 Å². The van der Waals surface area contributed by atoms with Gasteiger partial charge in [0.1, 0.15) is 0 Å². The Bertz CT molecular complexity index is 362. The highest BCUT2D eigenvalue weighted by atomic mass is 35.5. The summed E-state index contributed by atoms with van der Waals surface area (Å²) in [6.45, 7) is 2.31. The average molecular weight is 257 g/mol. The first-order chi connectivity index (χ1) is 8.33. The van der Waals surface area contributed by atoms with Crippen LogP contribution < -0.4 is 9.47 Å². The summed E-state index contributed by atoms with van der Waals surface area (Å²) in [5.41, 5.74) is 1.03. The molecule has 3 nitrogen and oxygen atoms in total. The van der Waals surface area contributed by atoms with Crippen molar-refractivity contribution in [3.05, 3.63) is 23.8 Å². The maximum absolute atomic E-state index is 5.78. The van der Waals surface area contributed by atoms with Crippen molar-refractivity contribution in [1.29, 1.82) is 0 Å². The Hall–Kier alpha value is -0.930. The molecule has 0 N–H and O–H groups in total. The number of halogens is 1. The second kappa shape index (κ2) is 6.12. The van der Waals surface area contributed by atoms with Crippen LogP contribution in [0.3, 0.4) is 0 Å². The van der Waals surface area contributed by atoms with Crippen LogP contribution in [0.5, 0.6) is 11.5 Å². The van der Waals surface area contributed by atoms with Gasteiger partial charge in [0.25, 0.3) is 0 Å². The van der Waals surface area contributed by atoms with Crippen LogP contribution in [0.15, 0.2) is 18.2 Å². The molecule has 2 rings (SSSR count). The molecule has 1 unspecified atom stereocenters. The molecule has 1 fully saturated rings. The van der Waals surface area contributed by atoms with E-state index in [1.807, 2.05) is 18.2 Å². The van der Waals surface area contributed by atoms with Gasteiger partial charge in [0.05, 0.1) is 20.3 Å². The van der Waals surface area contributed by atoms with Crippen molar-refractivity contribution in [2.24, 2.45) is 5.92 Å². The van der Waals surface area contributed by atoms with Crippen LogP contribution in [0.25, 0.3) is 0 Å². The molecule has 1 atom stereocenters. The van der Waals surface area contributed by atoms with E-state index in [0.29, 0.717) is 18.4 Å². The van der Waals surface area contributed by atoms with Gasteiger partial charge in [0, 0.05) is 18.4 Å². The second-order valence-corrected chi connectivity index (χ2v) is 4.43. The van der Waals surface area contributed by atoms with Gasteiger partial charge in [0.2, 0.25) is 0 Å². The predicted molar refractivity (Wildman–Crippen MR) is 67.0 cm³/mol. The number of rotatable bonds is 5. The molecule has 0 amide bonds. The van der Waals surface area contributed by atoms with Gasteiger partial charge < -0.3 is 14.2 Å². The van der Waals surface area contributed by atoms with Crippen molar-refractivity contribution in [3.8, 4) is 11.5 Å². The van der Waals surface area contributed by atoms with E-state index in [4.69, 9.17) is 25.8 Å². The smallest absolute Gasteiger partial charge is 0.161 e. The molecule has 1 aromatic rings. The van der Waals surface area contributed by atoms with Crippen LogP contribution in [0.2, 0.25) is 0 Å². The Kier molecular flexibility index (Phi) is 4.51. The zero-order chi connectivity index (χ0) is 12.1. The molecule has 1 aromatic carbocycles. The monoisotopic (exact) mass is 256 g/mol. The molecule has 0 saturated carbocycles. The molecule has 17 heavy (non-hydrogen) atoms. The molecular weight excluding hydrogens is 240 g/mol. The summed E-state index contributed by atoms with van der Waals surface area (Å²) in [6, 6.07) is 5.77. The van der Waals surface area contributed by atoms with E-state index in [2.05, 4.69) is 0 Å². The average Bonchev–Trinajstić information content (AvgIpc) is 2.89. The molecular formula is C13H17ClO3. The fraction of sp³-hybridized carbons (Fsp3) is 0.538. The number of hydrogen-bond donors (Lipinski definition) is 0. The van der Waals surface area contributed by atoms with Crippen LogP contribution in [0, 0.1) is 5.92 Å². The summed E-state index contributed by atoms with van der Waals surface area (Å²) in [6.07, 6.45) is 1.07. The first-order valence-electron chi connectivity index (χ1n) is 5.77. The number of benzene rings is 1. The number of ether oxygens (including phenoxy) is 3. The largest absolute Gasteiger partial charge is 0.493 e. The molecule has 1 aliphatic heterocycles. The fourth-order valence-corrected chi connectivity index (χ4v) is 2.00. The lowest BCUT2D eigenvalue weighted by molar-refractivity contribution is 0.165. The van der Waals surface area contributed by atoms with E-state index in [-0.39, 0.29) is 0 Å². The highest BCUT2D eigenvalue weighted by Crippen LogP contribution is 2.29. The maximum atomic E-state index is 5.78. The summed E-state index contributed by atoms with van der Waals surface area (Å²) >= 11 is 5.78. The minimum absolute atomic E-state index is 0.479. The van der Waals surface area contributed by atoms with Crippen molar-refractivity contribution in [2.45, 2.75) is 12.3 Å². The first kappa shape index (κ1) is 12.5. The summed E-state index contributed by atoms with van der Waals surface area (Å²) in [7, 11) is 1.64. The molecule has 94 valence electrons. The number of alkyl halides is 1. The minimum Gasteiger partial charge on any atom is -0.493 e. The summed E-state index contributed by atoms with van der Waals surface area (Å²) in [5, 5.41) is 0. The molecule has 0 aromatic heterocycles. The topological polar surface area (TPSA) is 27.7 Å². The Morgan fingerprint density at radius 3 is 2.94 bits per heavy atom. The molecule has 4 heteroatoms. The van der Waals surface area contributed by atoms with Gasteiger partial charge in [-0.1, -0.05) is 6.07 Å². The van der Waals surface area contributed by atoms with Gasteiger partial charge >= 0.3 is 0 Å². The lowest BCUT2D eigenvalue weighted by atomic mass is 10.1. The normalized spacial score (nSPS) is 19.3. The van der Waals surface area contributed by atoms with Crippen molar-refractivity contribution in [1.82, 2.24) is 0 Å². The zero-order valence-electron chi connectivity index (χ0n) is 9.95. The van der Waals surface area contributed by atoms with Gasteiger partial charge in [-0.15, -0.1) is 11.6 Å². The molecule has 0 radical (unpaired) electrons. The summed E-state index contributed by atoms with van der Waals surface area (Å²) in [4.78, 5) is 0. The zero-order valence-corrected chi connectivity index (χ0v) is 10.7. The quantitative estimate of drug-likeness (QED) is 0.759. The van der Waals surface area contributed by atoms with Gasteiger partial charge in [-0.3, -0.25) is 0 Å². The lowest BCUT2D eigenvalue weighted by Gasteiger charge is -2.13. The Labute approximate surface area is 107 Å². The fourth-order valence-electron chi connectivity index (χ4n) is 1.84. The minimum atomic E-state index is 0.479. The molecule has 0 bridgehead atoms. The van der Waals surface area contributed by atoms with Crippen molar-refractivity contribution in [2.75, 3.05) is 26.9 Å². The Balaban J connectivity index is 1.98. The SMILES string of the molecule is COc1cc(CCl)ccc1OCC1CCOC1. The predicted octanol–water partition coefficient (Wildman–Crippen LogP) is 2.85. The third-order valence-electron chi connectivity index (χ3n) is 2.88. The molecule has 0 aliphatic carbocycles. The molecule has 0 spiro atoms. The van der Waals surface area contributed by atoms with E-state index in [1.165, 1.54) is 0 Å². The number of hydrogen-bond acceptors (Lipinski definition) is 3. The third-order valence-corrected chi connectivity index (χ3v) is 3.19.